The van der Waals surface area contributed by atoms with Crippen LogP contribution in [-0.2, 0) is 11.3 Å². The minimum atomic E-state index is -1.07. The summed E-state index contributed by atoms with van der Waals surface area (Å²) >= 11 is 0. The van der Waals surface area contributed by atoms with Crippen molar-refractivity contribution >= 4 is 11.9 Å². The van der Waals surface area contributed by atoms with Gasteiger partial charge >= 0.3 is 5.97 Å². The SMILES string of the molecule is CC(C(=O)NCc1ccco1)n1cc(C(=O)O)cn1. The van der Waals surface area contributed by atoms with Crippen LogP contribution in [0.25, 0.3) is 0 Å². The minimum Gasteiger partial charge on any atom is -0.478 e. The lowest BCUT2D eigenvalue weighted by molar-refractivity contribution is -0.124. The first-order valence-electron chi connectivity index (χ1n) is 5.65. The first-order chi connectivity index (χ1) is 9.08. The number of carbonyl (C=O) groups excluding carboxylic acids is 1. The Morgan fingerprint density at radius 1 is 1.58 bits per heavy atom. The maximum atomic E-state index is 11.9. The molecule has 2 aromatic heterocycles. The van der Waals surface area contributed by atoms with Crippen LogP contribution in [0.3, 0.4) is 0 Å². The second-order valence-corrected chi connectivity index (χ2v) is 3.99. The molecule has 19 heavy (non-hydrogen) atoms. The molecule has 1 amide bonds. The van der Waals surface area contributed by atoms with Gasteiger partial charge in [-0.05, 0) is 19.1 Å². The molecule has 0 aliphatic heterocycles. The Morgan fingerprint density at radius 2 is 2.37 bits per heavy atom. The predicted molar refractivity (Wildman–Crippen MR) is 64.5 cm³/mol. The molecular weight excluding hydrogens is 250 g/mol. The molecule has 1 atom stereocenters. The molecule has 0 bridgehead atoms. The van der Waals surface area contributed by atoms with Gasteiger partial charge in [-0.3, -0.25) is 9.48 Å². The summed E-state index contributed by atoms with van der Waals surface area (Å²) in [6.07, 6.45) is 4.05. The first kappa shape index (κ1) is 12.9. The van der Waals surface area contributed by atoms with Crippen molar-refractivity contribution in [1.82, 2.24) is 15.1 Å². The first-order valence-corrected chi connectivity index (χ1v) is 5.65. The van der Waals surface area contributed by atoms with Gasteiger partial charge in [0.15, 0.2) is 0 Å². The average molecular weight is 263 g/mol. The highest BCUT2D eigenvalue weighted by atomic mass is 16.4. The lowest BCUT2D eigenvalue weighted by Gasteiger charge is -2.11. The molecule has 2 rings (SSSR count). The summed E-state index contributed by atoms with van der Waals surface area (Å²) in [5, 5.41) is 15.3. The summed E-state index contributed by atoms with van der Waals surface area (Å²) in [6.45, 7) is 1.92. The molecule has 0 saturated heterocycles. The number of carboxylic acids is 1. The zero-order chi connectivity index (χ0) is 13.8. The number of furan rings is 1. The van der Waals surface area contributed by atoms with Gasteiger partial charge in [0.25, 0.3) is 0 Å². The van der Waals surface area contributed by atoms with E-state index in [1.54, 1.807) is 19.1 Å². The number of amides is 1. The molecule has 2 heterocycles. The van der Waals surface area contributed by atoms with E-state index in [4.69, 9.17) is 9.52 Å². The lowest BCUT2D eigenvalue weighted by Crippen LogP contribution is -2.30. The monoisotopic (exact) mass is 263 g/mol. The van der Waals surface area contributed by atoms with E-state index < -0.39 is 12.0 Å². The Balaban J connectivity index is 1.96. The lowest BCUT2D eigenvalue weighted by atomic mass is 10.3. The molecule has 0 aliphatic carbocycles. The molecular formula is C12H13N3O4. The number of aromatic carboxylic acids is 1. The average Bonchev–Trinajstić information content (AvgIpc) is 3.05. The van der Waals surface area contributed by atoms with Crippen LogP contribution in [0.5, 0.6) is 0 Å². The predicted octanol–water partition coefficient (Wildman–Crippen LogP) is 1.05. The maximum absolute atomic E-state index is 11.9. The van der Waals surface area contributed by atoms with Gasteiger partial charge in [0.05, 0.1) is 24.6 Å². The van der Waals surface area contributed by atoms with Crippen LogP contribution < -0.4 is 5.32 Å². The Labute approximate surface area is 108 Å². The Kier molecular flexibility index (Phi) is 3.65. The van der Waals surface area contributed by atoms with Gasteiger partial charge < -0.3 is 14.8 Å². The van der Waals surface area contributed by atoms with Gasteiger partial charge in [0.2, 0.25) is 5.91 Å². The van der Waals surface area contributed by atoms with Crippen LogP contribution >= 0.6 is 0 Å². The summed E-state index contributed by atoms with van der Waals surface area (Å²) in [5.41, 5.74) is 0.0469. The molecule has 0 aliphatic rings. The molecule has 7 nitrogen and oxygen atoms in total. The second kappa shape index (κ2) is 5.38. The molecule has 0 aromatic carbocycles. The molecule has 2 aromatic rings. The molecule has 2 N–H and O–H groups in total. The minimum absolute atomic E-state index is 0.0469. The van der Waals surface area contributed by atoms with E-state index in [9.17, 15) is 9.59 Å². The van der Waals surface area contributed by atoms with Crippen molar-refractivity contribution in [2.75, 3.05) is 0 Å². The maximum Gasteiger partial charge on any atom is 0.338 e. The molecule has 0 spiro atoms. The van der Waals surface area contributed by atoms with Crippen LogP contribution in [0.15, 0.2) is 35.2 Å². The highest BCUT2D eigenvalue weighted by molar-refractivity contribution is 5.87. The standard InChI is InChI=1S/C12H13N3O4/c1-8(15-7-9(5-14-15)12(17)18)11(16)13-6-10-3-2-4-19-10/h2-5,7-8H,6H2,1H3,(H,13,16)(H,17,18). The molecule has 0 saturated carbocycles. The third-order valence-electron chi connectivity index (χ3n) is 2.64. The third-order valence-corrected chi connectivity index (χ3v) is 2.64. The molecule has 100 valence electrons. The summed E-state index contributed by atoms with van der Waals surface area (Å²) in [6, 6.07) is 2.89. The van der Waals surface area contributed by atoms with E-state index in [2.05, 4.69) is 10.4 Å². The van der Waals surface area contributed by atoms with Crippen molar-refractivity contribution in [2.45, 2.75) is 19.5 Å². The third kappa shape index (κ3) is 3.01. The number of hydrogen-bond acceptors (Lipinski definition) is 4. The smallest absolute Gasteiger partial charge is 0.338 e. The van der Waals surface area contributed by atoms with Gasteiger partial charge in [0, 0.05) is 6.20 Å². The number of aromatic nitrogens is 2. The van der Waals surface area contributed by atoms with Crippen LogP contribution in [0.4, 0.5) is 0 Å². The van der Waals surface area contributed by atoms with Gasteiger partial charge in [-0.1, -0.05) is 0 Å². The van der Waals surface area contributed by atoms with E-state index in [1.165, 1.54) is 23.3 Å². The zero-order valence-electron chi connectivity index (χ0n) is 10.2. The van der Waals surface area contributed by atoms with Gasteiger partial charge in [-0.15, -0.1) is 0 Å². The molecule has 7 heteroatoms. The number of nitrogens with one attached hydrogen (secondary N) is 1. The topological polar surface area (TPSA) is 97.4 Å². The normalized spacial score (nSPS) is 12.1. The number of hydrogen-bond donors (Lipinski definition) is 2. The fraction of sp³-hybridized carbons (Fsp3) is 0.250. The second-order valence-electron chi connectivity index (χ2n) is 3.99. The zero-order valence-corrected chi connectivity index (χ0v) is 10.2. The van der Waals surface area contributed by atoms with Crippen LogP contribution in [-0.4, -0.2) is 26.8 Å². The fourth-order valence-electron chi connectivity index (χ4n) is 1.52. The van der Waals surface area contributed by atoms with Gasteiger partial charge in [0.1, 0.15) is 11.8 Å². The number of nitrogens with zero attached hydrogens (tertiary/aromatic N) is 2. The Hall–Kier alpha value is -2.57. The van der Waals surface area contributed by atoms with Gasteiger partial charge in [-0.2, -0.15) is 5.10 Å². The van der Waals surface area contributed by atoms with Crippen LogP contribution in [0.1, 0.15) is 29.1 Å². The van der Waals surface area contributed by atoms with Crippen LogP contribution in [0.2, 0.25) is 0 Å². The summed E-state index contributed by atoms with van der Waals surface area (Å²) < 4.78 is 6.40. The highest BCUT2D eigenvalue weighted by Gasteiger charge is 2.17. The van der Waals surface area contributed by atoms with Crippen molar-refractivity contribution in [3.63, 3.8) is 0 Å². The Bertz CT molecular complexity index is 574. The fourth-order valence-corrected chi connectivity index (χ4v) is 1.52. The van der Waals surface area contributed by atoms with Crippen molar-refractivity contribution in [3.05, 3.63) is 42.1 Å². The summed E-state index contributed by atoms with van der Waals surface area (Å²) in [5.74, 6) is -0.696. The largest absolute Gasteiger partial charge is 0.478 e. The van der Waals surface area contributed by atoms with Crippen molar-refractivity contribution < 1.29 is 19.1 Å². The summed E-state index contributed by atoms with van der Waals surface area (Å²) in [7, 11) is 0. The summed E-state index contributed by atoms with van der Waals surface area (Å²) in [4.78, 5) is 22.6. The number of carboxylic acid groups (broad SMARTS) is 1. The highest BCUT2D eigenvalue weighted by Crippen LogP contribution is 2.07. The Morgan fingerprint density at radius 3 is 2.95 bits per heavy atom. The van der Waals surface area contributed by atoms with E-state index >= 15 is 0 Å². The van der Waals surface area contributed by atoms with Crippen molar-refractivity contribution in [2.24, 2.45) is 0 Å². The molecule has 0 fully saturated rings. The van der Waals surface area contributed by atoms with E-state index in [1.807, 2.05) is 0 Å². The molecule has 0 radical (unpaired) electrons. The number of rotatable bonds is 5. The van der Waals surface area contributed by atoms with E-state index in [0.29, 0.717) is 5.76 Å². The van der Waals surface area contributed by atoms with E-state index in [0.717, 1.165) is 0 Å². The molecule has 1 unspecified atom stereocenters. The van der Waals surface area contributed by atoms with Gasteiger partial charge in [-0.25, -0.2) is 4.79 Å². The van der Waals surface area contributed by atoms with Crippen molar-refractivity contribution in [1.29, 1.82) is 0 Å². The van der Waals surface area contributed by atoms with Crippen molar-refractivity contribution in [3.8, 4) is 0 Å². The number of carbonyl (C=O) groups is 2. The van der Waals surface area contributed by atoms with Crippen LogP contribution in [0, 0.1) is 0 Å². The quantitative estimate of drug-likeness (QED) is 0.840. The van der Waals surface area contributed by atoms with E-state index in [-0.39, 0.29) is 18.0 Å².